The molecule has 1 N–H and O–H groups in total. The minimum atomic E-state index is -4.69. The smallest absolute Gasteiger partial charge is 0.236 e. The number of aryl methyl sites for hydroxylation is 1. The Labute approximate surface area is 177 Å². The van der Waals surface area contributed by atoms with Crippen LogP contribution in [0, 0.1) is 17.2 Å². The fourth-order valence-electron chi connectivity index (χ4n) is 3.30. The summed E-state index contributed by atoms with van der Waals surface area (Å²) in [6.07, 6.45) is 1.83. The average molecular weight is 445 g/mol. The molecule has 8 heteroatoms. The molecule has 0 spiro atoms. The van der Waals surface area contributed by atoms with Crippen molar-refractivity contribution in [2.45, 2.75) is 6.92 Å². The Balaban J connectivity index is 0.000000461. The highest BCUT2D eigenvalue weighted by molar-refractivity contribution is 8.01. The van der Waals surface area contributed by atoms with Crippen LogP contribution in [0.15, 0.2) is 102 Å². The van der Waals surface area contributed by atoms with Crippen LogP contribution in [0.3, 0.4) is 0 Å². The SMILES string of the molecule is Cc1nc([P+](c2ccccc2)(c2ccccc2)c2ccccc2)co1.[O-][Cl+3]([O-])([O-])O. The second-order valence-corrected chi connectivity index (χ2v) is 10.4. The number of nitrogens with zero attached hydrogens (tertiary/aromatic N) is 1. The van der Waals surface area contributed by atoms with Crippen LogP contribution >= 0.6 is 7.26 Å². The number of hydrogen-bond acceptors (Lipinski definition) is 6. The van der Waals surface area contributed by atoms with E-state index in [0.29, 0.717) is 5.89 Å². The zero-order valence-corrected chi connectivity index (χ0v) is 17.7. The zero-order valence-electron chi connectivity index (χ0n) is 16.1. The largest absolute Gasteiger partial charge is 0.445 e. The van der Waals surface area contributed by atoms with Gasteiger partial charge in [0.05, 0.1) is 14.9 Å². The van der Waals surface area contributed by atoms with E-state index in [4.69, 9.17) is 28.0 Å². The highest BCUT2D eigenvalue weighted by Crippen LogP contribution is 2.53. The van der Waals surface area contributed by atoms with Crippen LogP contribution in [0.5, 0.6) is 0 Å². The Hall–Kier alpha value is -2.57. The first-order chi connectivity index (χ1) is 14.3. The number of hydrogen-bond donors (Lipinski definition) is 1. The summed E-state index contributed by atoms with van der Waals surface area (Å²) in [6.45, 7) is 1.90. The molecule has 6 nitrogen and oxygen atoms in total. The molecular formula is C22H20ClNO5P+. The Morgan fingerprint density at radius 3 is 1.33 bits per heavy atom. The molecule has 0 radical (unpaired) electrons. The van der Waals surface area contributed by atoms with Gasteiger partial charge in [0, 0.05) is 6.92 Å². The van der Waals surface area contributed by atoms with Crippen molar-refractivity contribution in [1.29, 1.82) is 0 Å². The lowest BCUT2D eigenvalue weighted by atomic mass is 10.4. The van der Waals surface area contributed by atoms with E-state index in [1.54, 1.807) is 0 Å². The van der Waals surface area contributed by atoms with E-state index >= 15 is 0 Å². The van der Waals surface area contributed by atoms with Crippen molar-refractivity contribution in [3.05, 3.63) is 103 Å². The number of aromatic nitrogens is 1. The molecule has 1 aromatic heterocycles. The first-order valence-corrected chi connectivity index (χ1v) is 12.0. The van der Waals surface area contributed by atoms with Gasteiger partial charge < -0.3 is 4.42 Å². The van der Waals surface area contributed by atoms with Gasteiger partial charge >= 0.3 is 0 Å². The van der Waals surface area contributed by atoms with E-state index in [0.717, 1.165) is 5.44 Å². The third kappa shape index (κ3) is 5.12. The van der Waals surface area contributed by atoms with Crippen LogP contribution in [-0.4, -0.2) is 9.64 Å². The minimum absolute atomic E-state index is 0.696. The Morgan fingerprint density at radius 1 is 0.733 bits per heavy atom. The van der Waals surface area contributed by atoms with Gasteiger partial charge in [0.15, 0.2) is 19.4 Å². The molecule has 0 unspecified atom stereocenters. The highest BCUT2D eigenvalue weighted by Gasteiger charge is 2.50. The van der Waals surface area contributed by atoms with E-state index in [-0.39, 0.29) is 0 Å². The lowest BCUT2D eigenvalue weighted by Crippen LogP contribution is -2.58. The number of benzene rings is 3. The summed E-state index contributed by atoms with van der Waals surface area (Å²) >= 11 is 0. The molecule has 0 atom stereocenters. The van der Waals surface area contributed by atoms with Gasteiger partial charge in [-0.15, -0.1) is 0 Å². The highest BCUT2D eigenvalue weighted by atomic mass is 35.7. The fourth-order valence-corrected chi connectivity index (χ4v) is 7.35. The Bertz CT molecular complexity index is 950. The molecule has 0 amide bonds. The maximum Gasteiger partial charge on any atom is 0.236 e. The Kier molecular flexibility index (Phi) is 7.00. The normalized spacial score (nSPS) is 11.5. The van der Waals surface area contributed by atoms with Gasteiger partial charge in [0.2, 0.25) is 5.44 Å². The molecule has 0 fully saturated rings. The monoisotopic (exact) mass is 444 g/mol. The van der Waals surface area contributed by atoms with Crippen LogP contribution < -0.4 is 35.3 Å². The van der Waals surface area contributed by atoms with Gasteiger partial charge in [0.1, 0.15) is 15.9 Å². The van der Waals surface area contributed by atoms with Crippen molar-refractivity contribution in [2.75, 3.05) is 0 Å². The second-order valence-electron chi connectivity index (χ2n) is 6.30. The first kappa shape index (κ1) is 22.1. The standard InChI is InChI=1S/C22H19NOP.ClHO4/c1-18-23-22(17-24-18)25(19-11-5-2-6-12-19,20-13-7-3-8-14-20)21-15-9-4-10-16-21;2-1(3,4)5/h2-17H,1H3;(H,2,3,4,5)/q+1;. The molecule has 0 saturated carbocycles. The summed E-state index contributed by atoms with van der Waals surface area (Å²) < 4.78 is 38.4. The maximum absolute atomic E-state index is 8.60. The second kappa shape index (κ2) is 9.49. The molecule has 0 aliphatic heterocycles. The van der Waals surface area contributed by atoms with Gasteiger partial charge in [-0.2, -0.15) is 19.0 Å². The Morgan fingerprint density at radius 2 is 1.07 bits per heavy atom. The molecule has 0 aliphatic carbocycles. The molecular weight excluding hydrogens is 425 g/mol. The van der Waals surface area contributed by atoms with E-state index in [1.165, 1.54) is 15.9 Å². The molecule has 3 aromatic carbocycles. The van der Waals surface area contributed by atoms with E-state index in [9.17, 15) is 0 Å². The van der Waals surface area contributed by atoms with E-state index in [1.807, 2.05) is 13.2 Å². The van der Waals surface area contributed by atoms with E-state index in [2.05, 4.69) is 91.0 Å². The molecule has 0 aliphatic rings. The zero-order chi connectivity index (χ0) is 21.6. The maximum atomic E-state index is 8.60. The summed E-state index contributed by atoms with van der Waals surface area (Å²) in [6, 6.07) is 32.0. The lowest BCUT2D eigenvalue weighted by molar-refractivity contribution is -1.92. The van der Waals surface area contributed by atoms with Crippen molar-refractivity contribution in [2.24, 2.45) is 0 Å². The summed E-state index contributed by atoms with van der Waals surface area (Å²) in [5.41, 5.74) is 1.01. The number of oxazole rings is 1. The topological polar surface area (TPSA) is 115 Å². The van der Waals surface area contributed by atoms with Crippen LogP contribution in [0.1, 0.15) is 5.89 Å². The summed E-state index contributed by atoms with van der Waals surface area (Å²) in [5.74, 6) is 0.696. The summed E-state index contributed by atoms with van der Waals surface area (Å²) in [5, 5.41) is 3.84. The molecule has 30 heavy (non-hydrogen) atoms. The lowest BCUT2D eigenvalue weighted by Gasteiger charge is -2.24. The van der Waals surface area contributed by atoms with Crippen molar-refractivity contribution in [3.63, 3.8) is 0 Å². The van der Waals surface area contributed by atoms with Gasteiger partial charge in [-0.1, -0.05) is 54.6 Å². The van der Waals surface area contributed by atoms with Crippen molar-refractivity contribution < 1.29 is 33.3 Å². The predicted molar refractivity (Wildman–Crippen MR) is 108 cm³/mol. The van der Waals surface area contributed by atoms with Gasteiger partial charge in [0.25, 0.3) is 0 Å². The number of rotatable bonds is 4. The van der Waals surface area contributed by atoms with Crippen molar-refractivity contribution in [1.82, 2.24) is 4.98 Å². The predicted octanol–water partition coefficient (Wildman–Crippen LogP) is -0.522. The molecule has 0 saturated heterocycles. The van der Waals surface area contributed by atoms with Crippen molar-refractivity contribution >= 4 is 28.6 Å². The summed E-state index contributed by atoms with van der Waals surface area (Å²) in [7, 11) is -6.78. The van der Waals surface area contributed by atoms with E-state index < -0.39 is 17.5 Å². The fraction of sp³-hybridized carbons (Fsp3) is 0.0455. The van der Waals surface area contributed by atoms with Gasteiger partial charge in [-0.25, -0.2) is 0 Å². The third-order valence-corrected chi connectivity index (χ3v) is 8.49. The molecule has 4 aromatic rings. The average Bonchev–Trinajstić information content (AvgIpc) is 3.16. The van der Waals surface area contributed by atoms with Crippen LogP contribution in [0.4, 0.5) is 0 Å². The van der Waals surface area contributed by atoms with Crippen LogP contribution in [0.25, 0.3) is 0 Å². The van der Waals surface area contributed by atoms with Crippen molar-refractivity contribution in [3.8, 4) is 0 Å². The van der Waals surface area contributed by atoms with Gasteiger partial charge in [-0.05, 0) is 36.4 Å². The molecule has 0 bridgehead atoms. The third-order valence-electron chi connectivity index (χ3n) is 4.38. The molecule has 154 valence electrons. The first-order valence-electron chi connectivity index (χ1n) is 8.93. The van der Waals surface area contributed by atoms with Crippen LogP contribution in [-0.2, 0) is 0 Å². The quantitative estimate of drug-likeness (QED) is 0.423. The summed E-state index contributed by atoms with van der Waals surface area (Å²) in [4.78, 5) is 4.80. The number of halogens is 1. The minimum Gasteiger partial charge on any atom is -0.445 e. The molecule has 4 rings (SSSR count). The van der Waals surface area contributed by atoms with Crippen LogP contribution in [0.2, 0.25) is 0 Å². The molecule has 1 heterocycles. The van der Waals surface area contributed by atoms with Gasteiger partial charge in [-0.3, -0.25) is 0 Å².